The number of amides is 1. The monoisotopic (exact) mass is 580 g/mol. The second-order valence-corrected chi connectivity index (χ2v) is 13.4. The Labute approximate surface area is 221 Å². The first-order chi connectivity index (χ1) is 17.4. The number of ether oxygens (including phenoxy) is 1. The van der Waals surface area contributed by atoms with Crippen LogP contribution in [0.4, 0.5) is 5.13 Å². The van der Waals surface area contributed by atoms with Crippen LogP contribution in [0.5, 0.6) is 0 Å². The number of halogens is 1. The van der Waals surface area contributed by atoms with Crippen molar-refractivity contribution >= 4 is 62.0 Å². The van der Waals surface area contributed by atoms with Gasteiger partial charge < -0.3 is 9.30 Å². The maximum Gasteiger partial charge on any atom is 0.320 e. The average molecular weight is 581 g/mol. The molecule has 1 aromatic heterocycles. The second kappa shape index (κ2) is 10.1. The highest BCUT2D eigenvalue weighted by Crippen LogP contribution is 2.68. The number of carbonyl (C=O) groups is 2. The standard InChI is InChI=1S/C27H22BrN2O4PS/c28-20-9-7-8-19(16-20)23-18-36-26(29-23)30-24(31)17-34-25(32)27(14-15-27)35(33,21-10-3-1-4-11-21)22-12-5-2-6-13-22/h1-13,16,18H,14-15,17H2,(H,29,30,31). The fraction of sp³-hybridized carbons (Fsp3) is 0.148. The number of nitrogens with one attached hydrogen (secondary N) is 1. The Balaban J connectivity index is 1.29. The van der Waals surface area contributed by atoms with E-state index in [1.165, 1.54) is 11.3 Å². The van der Waals surface area contributed by atoms with Gasteiger partial charge >= 0.3 is 5.97 Å². The van der Waals surface area contributed by atoms with E-state index < -0.39 is 30.8 Å². The molecule has 0 saturated heterocycles. The van der Waals surface area contributed by atoms with E-state index in [2.05, 4.69) is 26.2 Å². The molecule has 1 saturated carbocycles. The molecule has 1 heterocycles. The van der Waals surface area contributed by atoms with Crippen molar-refractivity contribution in [3.8, 4) is 11.3 Å². The number of benzene rings is 3. The van der Waals surface area contributed by atoms with Crippen molar-refractivity contribution in [2.75, 3.05) is 11.9 Å². The number of anilines is 1. The minimum Gasteiger partial charge on any atom is -0.455 e. The van der Waals surface area contributed by atoms with Gasteiger partial charge in [-0.15, -0.1) is 11.3 Å². The molecule has 1 fully saturated rings. The summed E-state index contributed by atoms with van der Waals surface area (Å²) in [6, 6.07) is 25.8. The minimum atomic E-state index is -3.35. The Morgan fingerprint density at radius 2 is 1.61 bits per heavy atom. The SMILES string of the molecule is O=C(COC(=O)C1(P(=O)(c2ccccc2)c2ccccc2)CC1)Nc1nc(-c2cccc(Br)c2)cs1. The lowest BCUT2D eigenvalue weighted by Crippen LogP contribution is -2.36. The molecule has 0 bridgehead atoms. The van der Waals surface area contributed by atoms with Gasteiger partial charge in [0, 0.05) is 26.0 Å². The average Bonchev–Trinajstić information content (AvgIpc) is 3.61. The van der Waals surface area contributed by atoms with Crippen LogP contribution in [0.15, 0.2) is 94.8 Å². The van der Waals surface area contributed by atoms with E-state index in [0.29, 0.717) is 28.6 Å². The highest BCUT2D eigenvalue weighted by atomic mass is 79.9. The van der Waals surface area contributed by atoms with Crippen LogP contribution in [0.2, 0.25) is 0 Å². The Bertz CT molecular complexity index is 1410. The molecule has 182 valence electrons. The zero-order valence-electron chi connectivity index (χ0n) is 19.1. The van der Waals surface area contributed by atoms with Crippen molar-refractivity contribution in [3.63, 3.8) is 0 Å². The normalized spacial score (nSPS) is 14.1. The summed E-state index contributed by atoms with van der Waals surface area (Å²) in [5.41, 5.74) is 1.65. The van der Waals surface area contributed by atoms with E-state index in [4.69, 9.17) is 4.74 Å². The van der Waals surface area contributed by atoms with Crippen molar-refractivity contribution < 1.29 is 18.9 Å². The molecule has 3 aromatic carbocycles. The third-order valence-corrected chi connectivity index (χ3v) is 11.3. The molecule has 1 N–H and O–H groups in total. The molecular formula is C27H22BrN2O4PS. The number of thiazole rings is 1. The lowest BCUT2D eigenvalue weighted by molar-refractivity contribution is -0.147. The summed E-state index contributed by atoms with van der Waals surface area (Å²) in [6.07, 6.45) is 0.883. The van der Waals surface area contributed by atoms with E-state index in [9.17, 15) is 14.2 Å². The van der Waals surface area contributed by atoms with E-state index in [-0.39, 0.29) is 0 Å². The van der Waals surface area contributed by atoms with Crippen LogP contribution in [0.25, 0.3) is 11.3 Å². The predicted molar refractivity (Wildman–Crippen MR) is 147 cm³/mol. The van der Waals surface area contributed by atoms with Crippen LogP contribution in [-0.2, 0) is 18.9 Å². The lowest BCUT2D eigenvalue weighted by atomic mass is 10.2. The molecule has 9 heteroatoms. The molecule has 1 aliphatic carbocycles. The van der Waals surface area contributed by atoms with E-state index >= 15 is 0 Å². The van der Waals surface area contributed by atoms with Gasteiger partial charge in [-0.05, 0) is 25.0 Å². The summed E-state index contributed by atoms with van der Waals surface area (Å²) in [5.74, 6) is -1.11. The third kappa shape index (κ3) is 4.69. The topological polar surface area (TPSA) is 85.4 Å². The molecule has 0 atom stereocenters. The summed E-state index contributed by atoms with van der Waals surface area (Å²) in [5, 5.41) is 5.00. The summed E-state index contributed by atoms with van der Waals surface area (Å²) in [6.45, 7) is -0.476. The van der Waals surface area contributed by atoms with Gasteiger partial charge in [0.25, 0.3) is 5.91 Å². The molecule has 4 aromatic rings. The second-order valence-electron chi connectivity index (χ2n) is 8.48. The first-order valence-corrected chi connectivity index (χ1v) is 14.7. The maximum absolute atomic E-state index is 14.6. The number of carbonyl (C=O) groups excluding carboxylic acids is 2. The van der Waals surface area contributed by atoms with E-state index in [1.54, 1.807) is 24.3 Å². The van der Waals surface area contributed by atoms with Gasteiger partial charge in [0.1, 0.15) is 5.16 Å². The van der Waals surface area contributed by atoms with Gasteiger partial charge in [-0.2, -0.15) is 0 Å². The van der Waals surface area contributed by atoms with Crippen LogP contribution in [0, 0.1) is 0 Å². The lowest BCUT2D eigenvalue weighted by Gasteiger charge is -2.27. The van der Waals surface area contributed by atoms with Crippen LogP contribution in [0.3, 0.4) is 0 Å². The Hall–Kier alpha value is -3.06. The molecule has 1 amide bonds. The summed E-state index contributed by atoms with van der Waals surface area (Å²) in [4.78, 5) is 30.3. The Morgan fingerprint density at radius 3 is 2.19 bits per heavy atom. The number of esters is 1. The maximum atomic E-state index is 14.6. The Morgan fingerprint density at radius 1 is 0.972 bits per heavy atom. The zero-order chi connectivity index (χ0) is 25.2. The highest BCUT2D eigenvalue weighted by molar-refractivity contribution is 9.10. The van der Waals surface area contributed by atoms with Crippen molar-refractivity contribution in [2.45, 2.75) is 18.0 Å². The molecule has 0 unspecified atom stereocenters. The van der Waals surface area contributed by atoms with Crippen molar-refractivity contribution in [3.05, 3.63) is 94.8 Å². The number of hydrogen-bond donors (Lipinski definition) is 1. The zero-order valence-corrected chi connectivity index (χ0v) is 22.4. The first-order valence-electron chi connectivity index (χ1n) is 11.3. The van der Waals surface area contributed by atoms with Crippen LogP contribution in [-0.4, -0.2) is 28.6 Å². The smallest absolute Gasteiger partial charge is 0.320 e. The van der Waals surface area contributed by atoms with Gasteiger partial charge in [-0.3, -0.25) is 14.9 Å². The third-order valence-electron chi connectivity index (χ3n) is 6.15. The largest absolute Gasteiger partial charge is 0.455 e. The minimum absolute atomic E-state index is 0.409. The van der Waals surface area contributed by atoms with Gasteiger partial charge in [0.15, 0.2) is 18.9 Å². The van der Waals surface area contributed by atoms with Gasteiger partial charge in [0.05, 0.1) is 5.69 Å². The van der Waals surface area contributed by atoms with Gasteiger partial charge in [-0.1, -0.05) is 88.7 Å². The van der Waals surface area contributed by atoms with Crippen LogP contribution < -0.4 is 15.9 Å². The number of rotatable bonds is 8. The number of nitrogens with zero attached hydrogens (tertiary/aromatic N) is 1. The number of aromatic nitrogens is 1. The molecule has 5 rings (SSSR count). The highest BCUT2D eigenvalue weighted by Gasteiger charge is 2.65. The van der Waals surface area contributed by atoms with Gasteiger partial charge in [0.2, 0.25) is 0 Å². The molecule has 0 radical (unpaired) electrons. The van der Waals surface area contributed by atoms with Crippen molar-refractivity contribution in [1.29, 1.82) is 0 Å². The molecular weight excluding hydrogens is 559 g/mol. The first kappa shape index (κ1) is 24.6. The molecule has 1 aliphatic rings. The van der Waals surface area contributed by atoms with E-state index in [0.717, 1.165) is 15.7 Å². The predicted octanol–water partition coefficient (Wildman–Crippen LogP) is 5.60. The van der Waals surface area contributed by atoms with Crippen molar-refractivity contribution in [1.82, 2.24) is 4.98 Å². The summed E-state index contributed by atoms with van der Waals surface area (Å²) in [7, 11) is -3.35. The van der Waals surface area contributed by atoms with Gasteiger partial charge in [-0.25, -0.2) is 4.98 Å². The fourth-order valence-corrected chi connectivity index (χ4v) is 8.89. The van der Waals surface area contributed by atoms with Crippen molar-refractivity contribution in [2.24, 2.45) is 0 Å². The molecule has 6 nitrogen and oxygen atoms in total. The molecule has 0 spiro atoms. The van der Waals surface area contributed by atoms with Crippen LogP contribution in [0.1, 0.15) is 12.8 Å². The Kier molecular flexibility index (Phi) is 6.93. The summed E-state index contributed by atoms with van der Waals surface area (Å²) < 4.78 is 21.0. The summed E-state index contributed by atoms with van der Waals surface area (Å²) >= 11 is 4.73. The van der Waals surface area contributed by atoms with Crippen LogP contribution >= 0.6 is 34.4 Å². The quantitative estimate of drug-likeness (QED) is 0.216. The molecule has 0 aliphatic heterocycles. The fourth-order valence-electron chi connectivity index (χ4n) is 4.22. The molecule has 36 heavy (non-hydrogen) atoms. The van der Waals surface area contributed by atoms with E-state index in [1.807, 2.05) is 66.0 Å². The number of hydrogen-bond acceptors (Lipinski definition) is 6.